The lowest BCUT2D eigenvalue weighted by molar-refractivity contribution is -0.131. The number of ether oxygens (including phenoxy) is 1. The van der Waals surface area contributed by atoms with Crippen molar-refractivity contribution in [2.24, 2.45) is 0 Å². The molecule has 2 amide bonds. The Morgan fingerprint density at radius 2 is 1.49 bits per heavy atom. The number of nitrogens with zero attached hydrogens (tertiary/aromatic N) is 2. The first kappa shape index (κ1) is 23.6. The van der Waals surface area contributed by atoms with E-state index in [0.717, 1.165) is 22.5 Å². The van der Waals surface area contributed by atoms with E-state index in [-0.39, 0.29) is 11.8 Å². The normalized spacial score (nSPS) is 10.6. The smallest absolute Gasteiger partial charge is 0.308 e. The van der Waals surface area contributed by atoms with Gasteiger partial charge in [0.25, 0.3) is 11.8 Å². The molecule has 8 heteroatoms. The number of hydrogen-bond donors (Lipinski definition) is 2. The number of aryl methyl sites for hydroxylation is 2. The van der Waals surface area contributed by atoms with Crippen molar-refractivity contribution < 1.29 is 19.1 Å². The molecule has 0 bridgehead atoms. The lowest BCUT2D eigenvalue weighted by atomic mass is 10.1. The molecule has 8 nitrogen and oxygen atoms in total. The molecule has 0 saturated carbocycles. The molecule has 176 valence electrons. The molecule has 0 fully saturated rings. The number of carbonyl (C=O) groups excluding carboxylic acids is 3. The summed E-state index contributed by atoms with van der Waals surface area (Å²) in [6, 6.07) is 18.8. The average molecular weight is 469 g/mol. The van der Waals surface area contributed by atoms with Crippen LogP contribution in [0.4, 0.5) is 5.69 Å². The van der Waals surface area contributed by atoms with Crippen LogP contribution in [0.2, 0.25) is 0 Å². The number of rotatable bonds is 6. The van der Waals surface area contributed by atoms with Gasteiger partial charge >= 0.3 is 5.97 Å². The highest BCUT2D eigenvalue weighted by Crippen LogP contribution is 2.17. The molecule has 0 atom stereocenters. The van der Waals surface area contributed by atoms with Gasteiger partial charge < -0.3 is 15.4 Å². The van der Waals surface area contributed by atoms with Gasteiger partial charge in [-0.05, 0) is 67.9 Å². The molecule has 4 aromatic rings. The maximum absolute atomic E-state index is 12.6. The molecule has 0 aliphatic rings. The van der Waals surface area contributed by atoms with Crippen molar-refractivity contribution in [3.63, 3.8) is 0 Å². The molecule has 35 heavy (non-hydrogen) atoms. The third kappa shape index (κ3) is 5.86. The summed E-state index contributed by atoms with van der Waals surface area (Å²) in [7, 11) is 0. The van der Waals surface area contributed by atoms with Crippen molar-refractivity contribution in [2.75, 3.05) is 5.32 Å². The number of benzene rings is 3. The van der Waals surface area contributed by atoms with Crippen LogP contribution in [-0.4, -0.2) is 27.8 Å². The maximum atomic E-state index is 12.6. The van der Waals surface area contributed by atoms with Gasteiger partial charge in [0.1, 0.15) is 5.75 Å². The van der Waals surface area contributed by atoms with E-state index in [9.17, 15) is 14.4 Å². The summed E-state index contributed by atoms with van der Waals surface area (Å²) in [5.41, 5.74) is 5.48. The lowest BCUT2D eigenvalue weighted by Crippen LogP contribution is -2.22. The Balaban J connectivity index is 1.36. The number of nitrogens with one attached hydrogen (secondary N) is 2. The summed E-state index contributed by atoms with van der Waals surface area (Å²) in [6.07, 6.45) is 0. The zero-order chi connectivity index (χ0) is 24.9. The summed E-state index contributed by atoms with van der Waals surface area (Å²) < 4.78 is 5.02. The molecule has 1 aromatic heterocycles. The predicted octanol–water partition coefficient (Wildman–Crippen LogP) is 4.35. The summed E-state index contributed by atoms with van der Waals surface area (Å²) in [5.74, 6) is -0.688. The van der Waals surface area contributed by atoms with Gasteiger partial charge in [0.2, 0.25) is 0 Å². The molecule has 2 N–H and O–H groups in total. The second-order valence-electron chi connectivity index (χ2n) is 8.05. The van der Waals surface area contributed by atoms with Crippen LogP contribution < -0.4 is 15.4 Å². The van der Waals surface area contributed by atoms with Gasteiger partial charge in [0.15, 0.2) is 0 Å². The first-order valence-electron chi connectivity index (χ1n) is 11.0. The monoisotopic (exact) mass is 468 g/mol. The van der Waals surface area contributed by atoms with Crippen molar-refractivity contribution in [3.05, 3.63) is 94.8 Å². The van der Waals surface area contributed by atoms with E-state index in [1.807, 2.05) is 26.0 Å². The molecular weight excluding hydrogens is 444 g/mol. The Morgan fingerprint density at radius 1 is 0.800 bits per heavy atom. The maximum Gasteiger partial charge on any atom is 0.308 e. The fourth-order valence-electron chi connectivity index (χ4n) is 3.43. The van der Waals surface area contributed by atoms with Crippen LogP contribution in [0.3, 0.4) is 0 Å². The fourth-order valence-corrected chi connectivity index (χ4v) is 3.43. The van der Waals surface area contributed by atoms with Gasteiger partial charge in [-0.25, -0.2) is 9.97 Å². The lowest BCUT2D eigenvalue weighted by Gasteiger charge is -2.09. The number of hydrogen-bond acceptors (Lipinski definition) is 6. The van der Waals surface area contributed by atoms with Gasteiger partial charge in [0, 0.05) is 30.3 Å². The Labute approximate surface area is 202 Å². The van der Waals surface area contributed by atoms with E-state index in [4.69, 9.17) is 4.74 Å². The van der Waals surface area contributed by atoms with Crippen LogP contribution in [0.1, 0.15) is 44.6 Å². The predicted molar refractivity (Wildman–Crippen MR) is 132 cm³/mol. The van der Waals surface area contributed by atoms with Crippen LogP contribution in [-0.2, 0) is 11.3 Å². The Kier molecular flexibility index (Phi) is 6.82. The zero-order valence-corrected chi connectivity index (χ0v) is 19.6. The summed E-state index contributed by atoms with van der Waals surface area (Å²) in [6.45, 7) is 5.42. The second kappa shape index (κ2) is 10.1. The minimum absolute atomic E-state index is 0.211. The number of fused-ring (bicyclic) bond motifs is 1. The van der Waals surface area contributed by atoms with E-state index < -0.39 is 5.97 Å². The second-order valence-corrected chi connectivity index (χ2v) is 8.05. The standard InChI is InChI=1S/C27H24N4O4/c1-16-17(2)30-25-14-21(9-12-24(25)29-16)26(33)28-15-19-7-10-22(11-8-19)31-27(34)20-5-4-6-23(13-20)35-18(3)32/h4-14H,15H2,1-3H3,(H,28,33)(H,31,34). The first-order valence-corrected chi connectivity index (χ1v) is 11.0. The van der Waals surface area contributed by atoms with E-state index in [0.29, 0.717) is 34.6 Å². The summed E-state index contributed by atoms with van der Waals surface area (Å²) >= 11 is 0. The van der Waals surface area contributed by atoms with Crippen LogP contribution in [0, 0.1) is 13.8 Å². The molecule has 0 aliphatic carbocycles. The zero-order valence-electron chi connectivity index (χ0n) is 19.6. The van der Waals surface area contributed by atoms with Crippen LogP contribution >= 0.6 is 0 Å². The van der Waals surface area contributed by atoms with Crippen molar-refractivity contribution >= 4 is 34.5 Å². The average Bonchev–Trinajstić information content (AvgIpc) is 2.83. The summed E-state index contributed by atoms with van der Waals surface area (Å²) in [5, 5.41) is 5.70. The molecule has 0 saturated heterocycles. The number of anilines is 1. The highest BCUT2D eigenvalue weighted by molar-refractivity contribution is 6.04. The first-order chi connectivity index (χ1) is 16.8. The van der Waals surface area contributed by atoms with E-state index in [1.165, 1.54) is 13.0 Å². The fraction of sp³-hybridized carbons (Fsp3) is 0.148. The molecule has 0 aliphatic heterocycles. The van der Waals surface area contributed by atoms with Gasteiger partial charge in [-0.3, -0.25) is 14.4 Å². The van der Waals surface area contributed by atoms with Crippen LogP contribution in [0.5, 0.6) is 5.75 Å². The molecule has 1 heterocycles. The Bertz CT molecular complexity index is 1430. The van der Waals surface area contributed by atoms with Gasteiger partial charge in [-0.15, -0.1) is 0 Å². The number of esters is 1. The number of amides is 2. The molecule has 0 spiro atoms. The van der Waals surface area contributed by atoms with Gasteiger partial charge in [-0.1, -0.05) is 18.2 Å². The van der Waals surface area contributed by atoms with Gasteiger partial charge in [-0.2, -0.15) is 0 Å². The van der Waals surface area contributed by atoms with Crippen molar-refractivity contribution in [3.8, 4) is 5.75 Å². The quantitative estimate of drug-likeness (QED) is 0.321. The number of carbonyl (C=O) groups is 3. The molecule has 0 radical (unpaired) electrons. The Morgan fingerprint density at radius 3 is 2.20 bits per heavy atom. The van der Waals surface area contributed by atoms with E-state index >= 15 is 0 Å². The third-order valence-electron chi connectivity index (χ3n) is 5.36. The third-order valence-corrected chi connectivity index (χ3v) is 5.36. The largest absolute Gasteiger partial charge is 0.427 e. The number of aromatic nitrogens is 2. The topological polar surface area (TPSA) is 110 Å². The Hall–Kier alpha value is -4.59. The van der Waals surface area contributed by atoms with E-state index in [2.05, 4.69) is 20.6 Å². The minimum atomic E-state index is -0.454. The molecule has 3 aromatic carbocycles. The highest BCUT2D eigenvalue weighted by atomic mass is 16.5. The SMILES string of the molecule is CC(=O)Oc1cccc(C(=O)Nc2ccc(CNC(=O)c3ccc4nc(C)c(C)nc4c3)cc2)c1. The summed E-state index contributed by atoms with van der Waals surface area (Å²) in [4.78, 5) is 45.3. The van der Waals surface area contributed by atoms with Crippen LogP contribution in [0.25, 0.3) is 11.0 Å². The van der Waals surface area contributed by atoms with Crippen molar-refractivity contribution in [1.82, 2.24) is 15.3 Å². The molecule has 0 unspecified atom stereocenters. The van der Waals surface area contributed by atoms with E-state index in [1.54, 1.807) is 48.5 Å². The molecule has 4 rings (SSSR count). The van der Waals surface area contributed by atoms with Crippen LogP contribution in [0.15, 0.2) is 66.7 Å². The van der Waals surface area contributed by atoms with Crippen molar-refractivity contribution in [2.45, 2.75) is 27.3 Å². The highest BCUT2D eigenvalue weighted by Gasteiger charge is 2.10. The van der Waals surface area contributed by atoms with Crippen molar-refractivity contribution in [1.29, 1.82) is 0 Å². The molecular formula is C27H24N4O4. The minimum Gasteiger partial charge on any atom is -0.427 e. The van der Waals surface area contributed by atoms with Gasteiger partial charge in [0.05, 0.1) is 22.4 Å².